The smallest absolute Gasteiger partial charge is 0.230 e. The van der Waals surface area contributed by atoms with Gasteiger partial charge in [0.1, 0.15) is 0 Å². The molecule has 20 heavy (non-hydrogen) atoms. The molecule has 3 heteroatoms. The van der Waals surface area contributed by atoms with Crippen LogP contribution in [0, 0.1) is 5.41 Å². The number of amides is 1. The number of rotatable bonds is 4. The van der Waals surface area contributed by atoms with Crippen molar-refractivity contribution in [3.05, 3.63) is 29.8 Å². The zero-order chi connectivity index (χ0) is 14.8. The Balaban J connectivity index is 2.01. The van der Waals surface area contributed by atoms with Gasteiger partial charge in [0.15, 0.2) is 0 Å². The zero-order valence-electron chi connectivity index (χ0n) is 12.8. The largest absolute Gasteiger partial charge is 0.399 e. The van der Waals surface area contributed by atoms with Crippen molar-refractivity contribution in [3.8, 4) is 0 Å². The van der Waals surface area contributed by atoms with Crippen LogP contribution < -0.4 is 11.1 Å². The van der Waals surface area contributed by atoms with E-state index in [1.54, 1.807) is 0 Å². The van der Waals surface area contributed by atoms with E-state index < -0.39 is 5.41 Å². The molecule has 1 fully saturated rings. The monoisotopic (exact) mass is 274 g/mol. The van der Waals surface area contributed by atoms with Crippen LogP contribution in [0.5, 0.6) is 0 Å². The third-order valence-electron chi connectivity index (χ3n) is 4.69. The predicted octanol–water partition coefficient (Wildman–Crippen LogP) is 3.24. The molecule has 1 aromatic rings. The molecule has 0 spiro atoms. The fourth-order valence-corrected chi connectivity index (χ4v) is 2.95. The average Bonchev–Trinajstić information content (AvgIpc) is 2.84. The maximum Gasteiger partial charge on any atom is 0.230 e. The Hall–Kier alpha value is -1.51. The first-order valence-corrected chi connectivity index (χ1v) is 7.48. The Morgan fingerprint density at radius 2 is 1.80 bits per heavy atom. The van der Waals surface area contributed by atoms with E-state index in [0.717, 1.165) is 17.8 Å². The van der Waals surface area contributed by atoms with Gasteiger partial charge in [-0.05, 0) is 49.8 Å². The van der Waals surface area contributed by atoms with Gasteiger partial charge in [-0.25, -0.2) is 0 Å². The van der Waals surface area contributed by atoms with Crippen LogP contribution in [0.4, 0.5) is 5.69 Å². The van der Waals surface area contributed by atoms with E-state index >= 15 is 0 Å². The van der Waals surface area contributed by atoms with Crippen molar-refractivity contribution in [2.75, 3.05) is 12.3 Å². The number of hydrogen-bond acceptors (Lipinski definition) is 2. The minimum atomic E-state index is -0.525. The van der Waals surface area contributed by atoms with E-state index in [0.29, 0.717) is 0 Å². The Kier molecular flexibility index (Phi) is 4.07. The normalized spacial score (nSPS) is 17.9. The van der Waals surface area contributed by atoms with Crippen LogP contribution in [-0.4, -0.2) is 12.5 Å². The van der Waals surface area contributed by atoms with Crippen LogP contribution in [0.3, 0.4) is 0 Å². The Labute approximate surface area is 121 Å². The van der Waals surface area contributed by atoms with Crippen LogP contribution in [0.2, 0.25) is 0 Å². The third-order valence-corrected chi connectivity index (χ3v) is 4.69. The van der Waals surface area contributed by atoms with Crippen molar-refractivity contribution < 1.29 is 4.79 Å². The molecule has 0 aromatic heterocycles. The van der Waals surface area contributed by atoms with Gasteiger partial charge in [-0.1, -0.05) is 31.9 Å². The van der Waals surface area contributed by atoms with Crippen molar-refractivity contribution in [1.29, 1.82) is 0 Å². The minimum Gasteiger partial charge on any atom is -0.399 e. The lowest BCUT2D eigenvalue weighted by Gasteiger charge is -2.29. The minimum absolute atomic E-state index is 0.0930. The molecule has 110 valence electrons. The summed E-state index contributed by atoms with van der Waals surface area (Å²) in [5, 5.41) is 3.15. The standard InChI is InChI=1S/C17H26N2O/c1-16(2,13-6-8-14(18)9-7-13)15(20)19-12-17(3)10-4-5-11-17/h6-9H,4-5,10-12,18H2,1-3H3,(H,19,20). The summed E-state index contributed by atoms with van der Waals surface area (Å²) >= 11 is 0. The molecule has 0 unspecified atom stereocenters. The highest BCUT2D eigenvalue weighted by molar-refractivity contribution is 5.87. The summed E-state index contributed by atoms with van der Waals surface area (Å²) in [6.07, 6.45) is 5.01. The van der Waals surface area contributed by atoms with E-state index in [1.807, 2.05) is 38.1 Å². The molecule has 1 aliphatic rings. The topological polar surface area (TPSA) is 55.1 Å². The Morgan fingerprint density at radius 3 is 2.35 bits per heavy atom. The van der Waals surface area contributed by atoms with Crippen LogP contribution in [0.15, 0.2) is 24.3 Å². The van der Waals surface area contributed by atoms with Gasteiger partial charge in [-0.3, -0.25) is 4.79 Å². The third kappa shape index (κ3) is 3.14. The first kappa shape index (κ1) is 14.9. The van der Waals surface area contributed by atoms with Gasteiger partial charge in [0.05, 0.1) is 5.41 Å². The van der Waals surface area contributed by atoms with E-state index in [9.17, 15) is 4.79 Å². The van der Waals surface area contributed by atoms with Gasteiger partial charge in [0, 0.05) is 12.2 Å². The first-order chi connectivity index (χ1) is 9.33. The molecule has 0 atom stereocenters. The molecule has 1 aliphatic carbocycles. The van der Waals surface area contributed by atoms with Crippen LogP contribution in [-0.2, 0) is 10.2 Å². The molecular weight excluding hydrogens is 248 g/mol. The summed E-state index contributed by atoms with van der Waals surface area (Å²) in [6.45, 7) is 6.98. The molecule has 3 N–H and O–H groups in total. The lowest BCUT2D eigenvalue weighted by molar-refractivity contribution is -0.126. The molecule has 2 rings (SSSR count). The molecular formula is C17H26N2O. The lowest BCUT2D eigenvalue weighted by Crippen LogP contribution is -2.43. The molecule has 3 nitrogen and oxygen atoms in total. The van der Waals surface area contributed by atoms with Gasteiger partial charge in [-0.2, -0.15) is 0 Å². The van der Waals surface area contributed by atoms with Crippen LogP contribution >= 0.6 is 0 Å². The molecule has 1 saturated carbocycles. The van der Waals surface area contributed by atoms with Crippen molar-refractivity contribution in [1.82, 2.24) is 5.32 Å². The molecule has 0 bridgehead atoms. The molecule has 0 heterocycles. The SMILES string of the molecule is CC1(CNC(=O)C(C)(C)c2ccc(N)cc2)CCCC1. The van der Waals surface area contributed by atoms with Crippen molar-refractivity contribution in [3.63, 3.8) is 0 Å². The predicted molar refractivity (Wildman–Crippen MR) is 83.5 cm³/mol. The van der Waals surface area contributed by atoms with Gasteiger partial charge in [0.25, 0.3) is 0 Å². The molecule has 0 radical (unpaired) electrons. The maximum atomic E-state index is 12.5. The summed E-state index contributed by atoms with van der Waals surface area (Å²) in [5.41, 5.74) is 7.19. The van der Waals surface area contributed by atoms with Gasteiger partial charge in [0.2, 0.25) is 5.91 Å². The number of hydrogen-bond donors (Lipinski definition) is 2. The second kappa shape index (κ2) is 5.47. The first-order valence-electron chi connectivity index (χ1n) is 7.48. The van der Waals surface area contributed by atoms with Crippen molar-refractivity contribution in [2.24, 2.45) is 5.41 Å². The molecule has 1 aromatic carbocycles. The fourth-order valence-electron chi connectivity index (χ4n) is 2.95. The summed E-state index contributed by atoms with van der Waals surface area (Å²) < 4.78 is 0. The van der Waals surface area contributed by atoms with Crippen molar-refractivity contribution >= 4 is 11.6 Å². The van der Waals surface area contributed by atoms with Crippen LogP contribution in [0.25, 0.3) is 0 Å². The number of anilines is 1. The van der Waals surface area contributed by atoms with E-state index in [4.69, 9.17) is 5.73 Å². The van der Waals surface area contributed by atoms with Gasteiger partial charge in [-0.15, -0.1) is 0 Å². The zero-order valence-corrected chi connectivity index (χ0v) is 12.8. The second-order valence-electron chi connectivity index (χ2n) is 6.95. The maximum absolute atomic E-state index is 12.5. The highest BCUT2D eigenvalue weighted by atomic mass is 16.2. The number of nitrogens with two attached hydrogens (primary N) is 1. The fraction of sp³-hybridized carbons (Fsp3) is 0.588. The second-order valence-corrected chi connectivity index (χ2v) is 6.95. The Morgan fingerprint density at radius 1 is 1.25 bits per heavy atom. The summed E-state index contributed by atoms with van der Waals surface area (Å²) in [4.78, 5) is 12.5. The quantitative estimate of drug-likeness (QED) is 0.828. The van der Waals surface area contributed by atoms with Gasteiger partial charge >= 0.3 is 0 Å². The van der Waals surface area contributed by atoms with E-state index in [2.05, 4.69) is 12.2 Å². The van der Waals surface area contributed by atoms with E-state index in [1.165, 1.54) is 25.7 Å². The summed E-state index contributed by atoms with van der Waals surface area (Å²) in [5.74, 6) is 0.0930. The highest BCUT2D eigenvalue weighted by Crippen LogP contribution is 2.37. The number of nitrogen functional groups attached to an aromatic ring is 1. The molecule has 0 aliphatic heterocycles. The van der Waals surface area contributed by atoms with E-state index in [-0.39, 0.29) is 11.3 Å². The van der Waals surface area contributed by atoms with Gasteiger partial charge < -0.3 is 11.1 Å². The molecule has 1 amide bonds. The number of benzene rings is 1. The van der Waals surface area contributed by atoms with Crippen molar-refractivity contribution in [2.45, 2.75) is 51.9 Å². The summed E-state index contributed by atoms with van der Waals surface area (Å²) in [7, 11) is 0. The molecule has 0 saturated heterocycles. The average molecular weight is 274 g/mol. The lowest BCUT2D eigenvalue weighted by atomic mass is 9.82. The summed E-state index contributed by atoms with van der Waals surface area (Å²) in [6, 6.07) is 7.57. The highest BCUT2D eigenvalue weighted by Gasteiger charge is 2.33. The van der Waals surface area contributed by atoms with Crippen LogP contribution in [0.1, 0.15) is 52.0 Å². The Bertz CT molecular complexity index is 470. The number of carbonyl (C=O) groups is 1. The number of nitrogens with one attached hydrogen (secondary N) is 1. The number of carbonyl (C=O) groups excluding carboxylic acids is 1.